The number of aromatic nitrogens is 2. The van der Waals surface area contributed by atoms with E-state index in [1.165, 1.54) is 0 Å². The Labute approximate surface area is 146 Å². The molecule has 0 radical (unpaired) electrons. The molecule has 144 valence electrons. The van der Waals surface area contributed by atoms with Crippen molar-refractivity contribution >= 4 is 11.6 Å². The minimum absolute atomic E-state index is 0. The van der Waals surface area contributed by atoms with E-state index >= 15 is 0 Å². The first kappa shape index (κ1) is 25.2. The summed E-state index contributed by atoms with van der Waals surface area (Å²) >= 11 is 0. The summed E-state index contributed by atoms with van der Waals surface area (Å²) in [6.45, 7) is 10.6. The number of anilines is 1. The molecule has 11 heteroatoms. The molecule has 11 nitrogen and oxygen atoms in total. The summed E-state index contributed by atoms with van der Waals surface area (Å²) in [5.74, 6) is 8.60. The topological polar surface area (TPSA) is 198 Å². The van der Waals surface area contributed by atoms with E-state index in [1.54, 1.807) is 6.92 Å². The van der Waals surface area contributed by atoms with Crippen LogP contribution in [0.1, 0.15) is 24.6 Å². The molecule has 2 aliphatic rings. The van der Waals surface area contributed by atoms with Gasteiger partial charge in [-0.05, 0) is 6.92 Å². The highest BCUT2D eigenvalue weighted by Gasteiger charge is 2.26. The quantitative estimate of drug-likeness (QED) is 0.205. The van der Waals surface area contributed by atoms with Gasteiger partial charge in [0.05, 0.1) is 19.8 Å². The number of fused-ring (bicyclic) bond motifs is 1. The maximum atomic E-state index is 10.7. The lowest BCUT2D eigenvalue weighted by Gasteiger charge is -2.10. The predicted octanol–water partition coefficient (Wildman–Crippen LogP) is -1.68. The van der Waals surface area contributed by atoms with Crippen molar-refractivity contribution in [2.24, 2.45) is 11.7 Å². The van der Waals surface area contributed by atoms with Crippen LogP contribution in [-0.2, 0) is 27.3 Å². The molecule has 2 aliphatic heterocycles. The molecule has 1 saturated heterocycles. The molecule has 3 heterocycles. The number of hydrazine groups is 1. The normalized spacial score (nSPS) is 17.6. The van der Waals surface area contributed by atoms with Crippen LogP contribution in [0.15, 0.2) is 0 Å². The summed E-state index contributed by atoms with van der Waals surface area (Å²) in [7, 11) is 0. The number of hydrogen-bond acceptors (Lipinski definition) is 8. The van der Waals surface area contributed by atoms with Crippen LogP contribution in [0.4, 0.5) is 5.82 Å². The van der Waals surface area contributed by atoms with E-state index in [0.29, 0.717) is 32.1 Å². The molecular weight excluding hydrogens is 332 g/mol. The van der Waals surface area contributed by atoms with E-state index in [2.05, 4.69) is 26.7 Å². The van der Waals surface area contributed by atoms with Crippen LogP contribution < -0.4 is 17.4 Å². The van der Waals surface area contributed by atoms with Crippen LogP contribution in [0, 0.1) is 6.57 Å². The predicted molar refractivity (Wildman–Crippen MR) is 91.9 cm³/mol. The minimum atomic E-state index is -0.515. The van der Waals surface area contributed by atoms with E-state index in [4.69, 9.17) is 26.9 Å². The van der Waals surface area contributed by atoms with Gasteiger partial charge in [0, 0.05) is 30.7 Å². The maximum absolute atomic E-state index is 10.7. The molecule has 0 aliphatic carbocycles. The molecule has 10 N–H and O–H groups in total. The third-order valence-corrected chi connectivity index (χ3v) is 3.02. The largest absolute Gasteiger partial charge is 0.412 e. The van der Waals surface area contributed by atoms with Crippen molar-refractivity contribution < 1.29 is 24.9 Å². The number of ketones is 1. The molecule has 1 fully saturated rings. The summed E-state index contributed by atoms with van der Waals surface area (Å²) in [5.41, 5.74) is 7.70. The van der Waals surface area contributed by atoms with Crippen molar-refractivity contribution in [3.63, 3.8) is 0 Å². The number of aliphatic hydroxyl groups excluding tert-OH is 1. The number of hydrogen-bond donors (Lipinski definition) is 5. The fourth-order valence-corrected chi connectivity index (χ4v) is 1.87. The van der Waals surface area contributed by atoms with Gasteiger partial charge >= 0.3 is 6.04 Å². The molecule has 25 heavy (non-hydrogen) atoms. The second-order valence-electron chi connectivity index (χ2n) is 4.62. The van der Waals surface area contributed by atoms with Crippen molar-refractivity contribution in [3.05, 3.63) is 22.7 Å². The molecule has 0 spiro atoms. The molecule has 0 bridgehead atoms. The van der Waals surface area contributed by atoms with Crippen LogP contribution in [0.2, 0.25) is 0 Å². The Morgan fingerprint density at radius 2 is 1.96 bits per heavy atom. The molecule has 0 aromatic carbocycles. The number of Topliss-reactive ketones (excluding diaryl/α,β-unsaturated/α-hetero) is 1. The highest BCUT2D eigenvalue weighted by Crippen LogP contribution is 2.18. The molecule has 1 aromatic rings. The van der Waals surface area contributed by atoms with Crippen LogP contribution in [0.3, 0.4) is 0 Å². The number of rotatable bonds is 0. The second kappa shape index (κ2) is 15.5. The third kappa shape index (κ3) is 9.11. The Morgan fingerprint density at radius 1 is 1.36 bits per heavy atom. The monoisotopic (exact) mass is 360 g/mol. The average molecular weight is 360 g/mol. The van der Waals surface area contributed by atoms with Crippen molar-refractivity contribution in [1.29, 1.82) is 0 Å². The highest BCUT2D eigenvalue weighted by atomic mass is 16.5. The van der Waals surface area contributed by atoms with E-state index in [0.717, 1.165) is 24.3 Å². The van der Waals surface area contributed by atoms with Crippen molar-refractivity contribution in [2.45, 2.75) is 32.4 Å². The van der Waals surface area contributed by atoms with E-state index < -0.39 is 6.04 Å². The first-order chi connectivity index (χ1) is 11.6. The molecule has 1 aromatic heterocycles. The second-order valence-corrected chi connectivity index (χ2v) is 4.62. The lowest BCUT2D eigenvalue weighted by atomic mass is 10.1. The first-order valence-electron chi connectivity index (χ1n) is 7.44. The van der Waals surface area contributed by atoms with Crippen molar-refractivity contribution in [1.82, 2.24) is 10.2 Å². The fourth-order valence-electron chi connectivity index (χ4n) is 1.87. The summed E-state index contributed by atoms with van der Waals surface area (Å²) in [6.07, 6.45) is 1.31. The molecular formula is C14H28N6O5. The summed E-state index contributed by atoms with van der Waals surface area (Å²) < 4.78 is 10.1. The SMILES string of the molecule is CCO.NN.Nc1n[nH]c2c1COCC2.O.[C-]#[N+]C1COCCC1=O. The Kier molecular flexibility index (Phi) is 15.6. The standard InChI is InChI=1S/C6H9N3O.C6H7NO2.C2H6O.H4N2.H2O/c7-6-4-3-10-2-1-5(4)8-9-6;1-7-5-4-9-3-2-6(5)8;1-2-3;1-2;/h1-3H2,(H3,7,8,9);5H,2-4H2;3H,2H2,1H3;1-2H2;1H2. The van der Waals surface area contributed by atoms with Gasteiger partial charge in [-0.25, -0.2) is 6.57 Å². The zero-order chi connectivity index (χ0) is 18.4. The summed E-state index contributed by atoms with van der Waals surface area (Å²) in [5, 5.41) is 14.3. The van der Waals surface area contributed by atoms with Gasteiger partial charge in [0.15, 0.2) is 5.82 Å². The van der Waals surface area contributed by atoms with Gasteiger partial charge in [-0.2, -0.15) is 5.10 Å². The number of H-pyrrole nitrogens is 1. The van der Waals surface area contributed by atoms with Crippen molar-refractivity contribution in [2.75, 3.05) is 32.2 Å². The third-order valence-electron chi connectivity index (χ3n) is 3.02. The Balaban J connectivity index is 0. The number of aliphatic hydroxyl groups is 1. The number of nitrogen functional groups attached to an aromatic ring is 1. The molecule has 1 atom stereocenters. The number of carbonyl (C=O) groups is 1. The zero-order valence-electron chi connectivity index (χ0n) is 14.3. The smallest absolute Gasteiger partial charge is 0.303 e. The molecule has 0 amide bonds. The van der Waals surface area contributed by atoms with Gasteiger partial charge in [-0.1, -0.05) is 0 Å². The van der Waals surface area contributed by atoms with Gasteiger partial charge in [0.2, 0.25) is 5.78 Å². The van der Waals surface area contributed by atoms with Crippen LogP contribution >= 0.6 is 0 Å². The van der Waals surface area contributed by atoms with Crippen LogP contribution in [0.25, 0.3) is 4.85 Å². The Hall–Kier alpha value is -2.07. The van der Waals surface area contributed by atoms with Gasteiger partial charge in [0.1, 0.15) is 6.61 Å². The molecule has 0 saturated carbocycles. The number of ether oxygens (including phenoxy) is 2. The maximum Gasteiger partial charge on any atom is 0.303 e. The van der Waals surface area contributed by atoms with E-state index in [-0.39, 0.29) is 17.9 Å². The molecule has 1 unspecified atom stereocenters. The fraction of sp³-hybridized carbons (Fsp3) is 0.643. The number of nitrogens with two attached hydrogens (primary N) is 3. The van der Waals surface area contributed by atoms with E-state index in [9.17, 15) is 4.79 Å². The van der Waals surface area contributed by atoms with Gasteiger partial charge in [-0.15, -0.1) is 0 Å². The first-order valence-corrected chi connectivity index (χ1v) is 7.44. The zero-order valence-corrected chi connectivity index (χ0v) is 14.3. The number of nitrogens with zero attached hydrogens (tertiary/aromatic N) is 2. The van der Waals surface area contributed by atoms with Gasteiger partial charge in [0.25, 0.3) is 0 Å². The van der Waals surface area contributed by atoms with Gasteiger partial charge in [-0.3, -0.25) is 21.6 Å². The number of nitrogens with one attached hydrogen (secondary N) is 1. The van der Waals surface area contributed by atoms with Crippen LogP contribution in [0.5, 0.6) is 0 Å². The number of aromatic amines is 1. The van der Waals surface area contributed by atoms with Crippen LogP contribution in [-0.4, -0.2) is 59.0 Å². The Morgan fingerprint density at radius 3 is 2.44 bits per heavy atom. The van der Waals surface area contributed by atoms with Gasteiger partial charge < -0.3 is 30.6 Å². The highest BCUT2D eigenvalue weighted by molar-refractivity contribution is 5.86. The summed E-state index contributed by atoms with van der Waals surface area (Å²) in [6, 6.07) is -0.515. The lowest BCUT2D eigenvalue weighted by Crippen LogP contribution is -2.29. The van der Waals surface area contributed by atoms with E-state index in [1.807, 2.05) is 0 Å². The average Bonchev–Trinajstić information content (AvgIpc) is 3.00. The van der Waals surface area contributed by atoms with Crippen molar-refractivity contribution in [3.8, 4) is 0 Å². The summed E-state index contributed by atoms with van der Waals surface area (Å²) in [4.78, 5) is 13.8. The minimum Gasteiger partial charge on any atom is -0.412 e. The Bertz CT molecular complexity index is 516. The molecule has 3 rings (SSSR count). The lowest BCUT2D eigenvalue weighted by molar-refractivity contribution is -0.124. The number of carbonyl (C=O) groups excluding carboxylic acids is 1.